The summed E-state index contributed by atoms with van der Waals surface area (Å²) in [5.74, 6) is 5.28. The lowest BCUT2D eigenvalue weighted by atomic mass is 10.0. The van der Waals surface area contributed by atoms with Gasteiger partial charge in [0.25, 0.3) is 0 Å². The van der Waals surface area contributed by atoms with Crippen LogP contribution in [0.5, 0.6) is 0 Å². The molecule has 94 valence electrons. The molecule has 0 bridgehead atoms. The maximum absolute atomic E-state index is 13.4. The average Bonchev–Trinajstić information content (AvgIpc) is 2.41. The summed E-state index contributed by atoms with van der Waals surface area (Å²) in [5.41, 5.74) is 4.56. The number of benzene rings is 1. The Balaban J connectivity index is 2.24. The molecule has 0 fully saturated rings. The molecule has 0 saturated carbocycles. The number of hydrogen-bond acceptors (Lipinski definition) is 3. The van der Waals surface area contributed by atoms with Crippen LogP contribution in [-0.4, -0.2) is 4.98 Å². The number of hydrogen-bond donors (Lipinski definition) is 2. The molecule has 0 aliphatic carbocycles. The van der Waals surface area contributed by atoms with E-state index in [-0.39, 0.29) is 11.9 Å². The molecule has 5 heteroatoms. The predicted octanol–water partition coefficient (Wildman–Crippen LogP) is 2.73. The largest absolute Gasteiger partial charge is 0.271 e. The second-order valence-corrected chi connectivity index (χ2v) is 4.72. The molecule has 3 nitrogen and oxygen atoms in total. The first-order valence-electron chi connectivity index (χ1n) is 5.51. The van der Waals surface area contributed by atoms with Gasteiger partial charge in [0.2, 0.25) is 0 Å². The zero-order valence-corrected chi connectivity index (χ0v) is 11.2. The molecule has 0 amide bonds. The Morgan fingerprint density at radius 3 is 2.83 bits per heavy atom. The third kappa shape index (κ3) is 2.93. The molecule has 3 N–H and O–H groups in total. The molecule has 2 aromatic rings. The summed E-state index contributed by atoms with van der Waals surface area (Å²) in [5, 5.41) is 0. The summed E-state index contributed by atoms with van der Waals surface area (Å²) >= 11 is 3.25. The molecule has 1 aromatic carbocycles. The molecule has 1 heterocycles. The summed E-state index contributed by atoms with van der Waals surface area (Å²) in [6.45, 7) is 0. The minimum atomic E-state index is -0.269. The zero-order chi connectivity index (χ0) is 13.0. The fourth-order valence-corrected chi connectivity index (χ4v) is 2.21. The first-order valence-corrected chi connectivity index (χ1v) is 6.30. The first kappa shape index (κ1) is 13.1. The van der Waals surface area contributed by atoms with Crippen molar-refractivity contribution >= 4 is 15.9 Å². The fourth-order valence-electron chi connectivity index (χ4n) is 1.78. The van der Waals surface area contributed by atoms with Gasteiger partial charge in [-0.1, -0.05) is 18.2 Å². The number of nitrogens with zero attached hydrogens (tertiary/aromatic N) is 1. The molecular weight excluding hydrogens is 297 g/mol. The van der Waals surface area contributed by atoms with Gasteiger partial charge in [-0.3, -0.25) is 16.3 Å². The molecule has 0 saturated heterocycles. The Morgan fingerprint density at radius 2 is 2.17 bits per heavy atom. The van der Waals surface area contributed by atoms with Gasteiger partial charge >= 0.3 is 0 Å². The summed E-state index contributed by atoms with van der Waals surface area (Å²) in [6, 6.07) is 8.66. The quantitative estimate of drug-likeness (QED) is 0.674. The van der Waals surface area contributed by atoms with Crippen LogP contribution in [0.2, 0.25) is 0 Å². The van der Waals surface area contributed by atoms with E-state index in [0.717, 1.165) is 11.1 Å². The van der Waals surface area contributed by atoms with Crippen molar-refractivity contribution in [2.45, 2.75) is 12.5 Å². The van der Waals surface area contributed by atoms with E-state index in [0.29, 0.717) is 10.9 Å². The van der Waals surface area contributed by atoms with E-state index in [1.165, 1.54) is 6.07 Å². The van der Waals surface area contributed by atoms with Gasteiger partial charge in [0.05, 0.1) is 10.5 Å². The molecule has 2 rings (SSSR count). The molecular formula is C13H13BrFN3. The molecule has 1 unspecified atom stereocenters. The summed E-state index contributed by atoms with van der Waals surface area (Å²) in [7, 11) is 0. The van der Waals surface area contributed by atoms with Crippen molar-refractivity contribution in [3.8, 4) is 0 Å². The third-order valence-electron chi connectivity index (χ3n) is 2.74. The van der Waals surface area contributed by atoms with Crippen LogP contribution < -0.4 is 11.3 Å². The Hall–Kier alpha value is -1.30. The number of halogens is 2. The Bertz CT molecular complexity index is 519. The number of hydrazine groups is 1. The first-order chi connectivity index (χ1) is 8.72. The highest BCUT2D eigenvalue weighted by Gasteiger charge is 2.13. The van der Waals surface area contributed by atoms with E-state index in [4.69, 9.17) is 5.84 Å². The monoisotopic (exact) mass is 309 g/mol. The van der Waals surface area contributed by atoms with Gasteiger partial charge in [-0.25, -0.2) is 4.39 Å². The van der Waals surface area contributed by atoms with Gasteiger partial charge < -0.3 is 0 Å². The van der Waals surface area contributed by atoms with E-state index < -0.39 is 0 Å². The van der Waals surface area contributed by atoms with Crippen LogP contribution in [-0.2, 0) is 6.42 Å². The van der Waals surface area contributed by atoms with Gasteiger partial charge in [0, 0.05) is 12.4 Å². The minimum Gasteiger partial charge on any atom is -0.271 e. The Morgan fingerprint density at radius 1 is 1.33 bits per heavy atom. The average molecular weight is 310 g/mol. The summed E-state index contributed by atoms with van der Waals surface area (Å²) < 4.78 is 13.9. The summed E-state index contributed by atoms with van der Waals surface area (Å²) in [4.78, 5) is 4.05. The van der Waals surface area contributed by atoms with Crippen LogP contribution >= 0.6 is 15.9 Å². The number of aromatic nitrogens is 1. The van der Waals surface area contributed by atoms with E-state index >= 15 is 0 Å². The lowest BCUT2D eigenvalue weighted by Crippen LogP contribution is -2.29. The highest BCUT2D eigenvalue weighted by Crippen LogP contribution is 2.25. The van der Waals surface area contributed by atoms with Crippen molar-refractivity contribution in [2.24, 2.45) is 5.84 Å². The van der Waals surface area contributed by atoms with Gasteiger partial charge in [0.15, 0.2) is 0 Å². The summed E-state index contributed by atoms with van der Waals surface area (Å²) in [6.07, 6.45) is 4.04. The highest BCUT2D eigenvalue weighted by atomic mass is 79.9. The normalized spacial score (nSPS) is 12.4. The Kier molecular flexibility index (Phi) is 4.41. The van der Waals surface area contributed by atoms with Crippen LogP contribution in [0.4, 0.5) is 4.39 Å². The van der Waals surface area contributed by atoms with Crippen molar-refractivity contribution in [1.29, 1.82) is 0 Å². The smallest absolute Gasteiger partial charge is 0.137 e. The van der Waals surface area contributed by atoms with Crippen molar-refractivity contribution in [3.05, 3.63) is 64.1 Å². The maximum atomic E-state index is 13.4. The predicted molar refractivity (Wildman–Crippen MR) is 72.1 cm³/mol. The topological polar surface area (TPSA) is 50.9 Å². The number of pyridine rings is 1. The molecule has 18 heavy (non-hydrogen) atoms. The molecule has 0 radical (unpaired) electrons. The number of nitrogens with two attached hydrogens (primary N) is 1. The fraction of sp³-hybridized carbons (Fsp3) is 0.154. The highest BCUT2D eigenvalue weighted by molar-refractivity contribution is 9.10. The third-order valence-corrected chi connectivity index (χ3v) is 3.63. The number of rotatable bonds is 4. The number of nitrogens with one attached hydrogen (secondary N) is 1. The van der Waals surface area contributed by atoms with E-state index in [1.54, 1.807) is 18.5 Å². The van der Waals surface area contributed by atoms with Gasteiger partial charge in [-0.2, -0.15) is 0 Å². The van der Waals surface area contributed by atoms with Gasteiger partial charge in [0.1, 0.15) is 5.82 Å². The van der Waals surface area contributed by atoms with Crippen molar-refractivity contribution in [2.75, 3.05) is 0 Å². The van der Waals surface area contributed by atoms with Crippen LogP contribution in [0.25, 0.3) is 0 Å². The molecule has 0 aliphatic heterocycles. The zero-order valence-electron chi connectivity index (χ0n) is 9.61. The molecule has 0 aliphatic rings. The maximum Gasteiger partial charge on any atom is 0.137 e. The second-order valence-electron chi connectivity index (χ2n) is 3.92. The lowest BCUT2D eigenvalue weighted by Gasteiger charge is -2.17. The second kappa shape index (κ2) is 6.04. The van der Waals surface area contributed by atoms with Crippen LogP contribution in [0.15, 0.2) is 47.2 Å². The van der Waals surface area contributed by atoms with Crippen LogP contribution in [0.3, 0.4) is 0 Å². The molecule has 1 aromatic heterocycles. The van der Waals surface area contributed by atoms with Crippen molar-refractivity contribution < 1.29 is 4.39 Å². The van der Waals surface area contributed by atoms with E-state index in [1.807, 2.05) is 18.2 Å². The van der Waals surface area contributed by atoms with Gasteiger partial charge in [-0.05, 0) is 45.6 Å². The van der Waals surface area contributed by atoms with Crippen molar-refractivity contribution in [3.63, 3.8) is 0 Å². The minimum absolute atomic E-state index is 0.100. The SMILES string of the molecule is NNC(Cc1cccc(F)c1Br)c1cccnc1. The standard InChI is InChI=1S/C13H13BrFN3/c14-13-9(3-1-5-11(13)15)7-12(18-16)10-4-2-6-17-8-10/h1-6,8,12,18H,7,16H2. The van der Waals surface area contributed by atoms with E-state index in [2.05, 4.69) is 26.3 Å². The van der Waals surface area contributed by atoms with Crippen molar-refractivity contribution in [1.82, 2.24) is 10.4 Å². The molecule has 0 spiro atoms. The molecule has 1 atom stereocenters. The van der Waals surface area contributed by atoms with Crippen LogP contribution in [0.1, 0.15) is 17.2 Å². The Labute approximate surface area is 113 Å². The van der Waals surface area contributed by atoms with Gasteiger partial charge in [-0.15, -0.1) is 0 Å². The lowest BCUT2D eigenvalue weighted by molar-refractivity contribution is 0.545. The van der Waals surface area contributed by atoms with E-state index in [9.17, 15) is 4.39 Å². The van der Waals surface area contributed by atoms with Crippen LogP contribution in [0, 0.1) is 5.82 Å².